The third-order valence-electron chi connectivity index (χ3n) is 2.13. The molecule has 1 aromatic carbocycles. The Bertz CT molecular complexity index is 375. The van der Waals surface area contributed by atoms with Crippen molar-refractivity contribution in [2.75, 3.05) is 0 Å². The maximum absolute atomic E-state index is 10.7. The highest BCUT2D eigenvalue weighted by atomic mass is 35.5. The lowest BCUT2D eigenvalue weighted by atomic mass is 10.0. The number of halogens is 1. The summed E-state index contributed by atoms with van der Waals surface area (Å²) in [5, 5.41) is 11.3. The van der Waals surface area contributed by atoms with Gasteiger partial charge in [-0.2, -0.15) is 0 Å². The number of hydrogen-bond acceptors (Lipinski definition) is 2. The number of benzene rings is 1. The third-order valence-corrected chi connectivity index (χ3v) is 2.46. The molecule has 76 valence electrons. The molecule has 3 nitrogen and oxygen atoms in total. The minimum Gasteiger partial charge on any atom is -0.258 e. The van der Waals surface area contributed by atoms with Crippen molar-refractivity contribution in [3.05, 3.63) is 38.4 Å². The summed E-state index contributed by atoms with van der Waals surface area (Å²) in [5.74, 6) is 0.196. The third kappa shape index (κ3) is 2.04. The minimum absolute atomic E-state index is 0.137. The fourth-order valence-electron chi connectivity index (χ4n) is 1.32. The molecular formula is C10H12ClNO2. The van der Waals surface area contributed by atoms with E-state index in [4.69, 9.17) is 11.6 Å². The molecule has 0 aromatic heterocycles. The van der Waals surface area contributed by atoms with Crippen LogP contribution in [-0.4, -0.2) is 4.92 Å². The van der Waals surface area contributed by atoms with Crippen LogP contribution in [0.25, 0.3) is 0 Å². The second kappa shape index (κ2) is 3.96. The van der Waals surface area contributed by atoms with Gasteiger partial charge in [-0.05, 0) is 24.5 Å². The highest BCUT2D eigenvalue weighted by Gasteiger charge is 2.15. The molecule has 0 spiro atoms. The van der Waals surface area contributed by atoms with E-state index in [0.717, 1.165) is 5.56 Å². The van der Waals surface area contributed by atoms with E-state index in [9.17, 15) is 10.1 Å². The fraction of sp³-hybridized carbons (Fsp3) is 0.400. The average Bonchev–Trinajstić information content (AvgIpc) is 2.02. The molecule has 14 heavy (non-hydrogen) atoms. The minimum atomic E-state index is -0.377. The van der Waals surface area contributed by atoms with Crippen LogP contribution >= 0.6 is 11.6 Å². The monoisotopic (exact) mass is 213 g/mol. The van der Waals surface area contributed by atoms with E-state index in [1.54, 1.807) is 19.1 Å². The molecule has 0 N–H and O–H groups in total. The van der Waals surface area contributed by atoms with Gasteiger partial charge < -0.3 is 0 Å². The molecule has 0 amide bonds. The number of aryl methyl sites for hydroxylation is 1. The molecule has 0 aliphatic rings. The van der Waals surface area contributed by atoms with Gasteiger partial charge in [0.25, 0.3) is 5.69 Å². The highest BCUT2D eigenvalue weighted by Crippen LogP contribution is 2.30. The zero-order chi connectivity index (χ0) is 10.9. The van der Waals surface area contributed by atoms with Crippen molar-refractivity contribution in [2.45, 2.75) is 26.7 Å². The largest absolute Gasteiger partial charge is 0.272 e. The molecule has 0 radical (unpaired) electrons. The summed E-state index contributed by atoms with van der Waals surface area (Å²) >= 11 is 5.98. The molecule has 0 fully saturated rings. The summed E-state index contributed by atoms with van der Waals surface area (Å²) in [7, 11) is 0. The lowest BCUT2D eigenvalue weighted by Gasteiger charge is -2.08. The molecule has 0 bridgehead atoms. The van der Waals surface area contributed by atoms with Gasteiger partial charge >= 0.3 is 0 Å². The van der Waals surface area contributed by atoms with Gasteiger partial charge in [0.15, 0.2) is 0 Å². The summed E-state index contributed by atoms with van der Waals surface area (Å²) in [4.78, 5) is 10.3. The van der Waals surface area contributed by atoms with Gasteiger partial charge in [0.1, 0.15) is 0 Å². The average molecular weight is 214 g/mol. The first-order valence-corrected chi connectivity index (χ1v) is 4.75. The van der Waals surface area contributed by atoms with Gasteiger partial charge in [0, 0.05) is 16.7 Å². The van der Waals surface area contributed by atoms with E-state index in [1.807, 2.05) is 13.8 Å². The molecule has 0 saturated heterocycles. The van der Waals surface area contributed by atoms with Crippen molar-refractivity contribution in [3.8, 4) is 0 Å². The van der Waals surface area contributed by atoms with Gasteiger partial charge in [-0.1, -0.05) is 25.4 Å². The Morgan fingerprint density at radius 1 is 1.43 bits per heavy atom. The zero-order valence-electron chi connectivity index (χ0n) is 8.37. The van der Waals surface area contributed by atoms with Crippen LogP contribution < -0.4 is 0 Å². The molecule has 1 rings (SSSR count). The maximum atomic E-state index is 10.7. The predicted octanol–water partition coefficient (Wildman–Crippen LogP) is 3.68. The van der Waals surface area contributed by atoms with Crippen LogP contribution in [0.3, 0.4) is 0 Å². The van der Waals surface area contributed by atoms with E-state index in [1.165, 1.54) is 0 Å². The van der Waals surface area contributed by atoms with Gasteiger partial charge in [0.2, 0.25) is 0 Å². The number of nitro groups is 1. The number of hydrogen-bond donors (Lipinski definition) is 0. The molecule has 0 aliphatic carbocycles. The SMILES string of the molecule is Cc1cc(Cl)c(C(C)C)cc1[N+](=O)[O-]. The predicted molar refractivity (Wildman–Crippen MR) is 56.9 cm³/mol. The van der Waals surface area contributed by atoms with Crippen molar-refractivity contribution >= 4 is 17.3 Å². The number of nitrogens with zero attached hydrogens (tertiary/aromatic N) is 1. The quantitative estimate of drug-likeness (QED) is 0.556. The van der Waals surface area contributed by atoms with Crippen LogP contribution in [-0.2, 0) is 0 Å². The molecule has 0 saturated carbocycles. The standard InChI is InChI=1S/C10H12ClNO2/c1-6(2)8-5-10(12(13)14)7(3)4-9(8)11/h4-6H,1-3H3. The molecule has 0 atom stereocenters. The van der Waals surface area contributed by atoms with Crippen LogP contribution in [0.1, 0.15) is 30.9 Å². The van der Waals surface area contributed by atoms with Crippen molar-refractivity contribution in [1.29, 1.82) is 0 Å². The first-order valence-electron chi connectivity index (χ1n) is 4.38. The molecule has 1 aromatic rings. The van der Waals surface area contributed by atoms with Crippen LogP contribution in [0.5, 0.6) is 0 Å². The van der Waals surface area contributed by atoms with E-state index >= 15 is 0 Å². The smallest absolute Gasteiger partial charge is 0.258 e. The fourth-order valence-corrected chi connectivity index (χ4v) is 1.75. The molecule has 0 aliphatic heterocycles. The Morgan fingerprint density at radius 3 is 2.43 bits per heavy atom. The summed E-state index contributed by atoms with van der Waals surface area (Å²) < 4.78 is 0. The Kier molecular flexibility index (Phi) is 3.11. The molecule has 0 heterocycles. The van der Waals surface area contributed by atoms with Crippen LogP contribution in [0, 0.1) is 17.0 Å². The highest BCUT2D eigenvalue weighted by molar-refractivity contribution is 6.31. The van der Waals surface area contributed by atoms with Crippen molar-refractivity contribution in [3.63, 3.8) is 0 Å². The first-order chi connectivity index (χ1) is 6.43. The van der Waals surface area contributed by atoms with Crippen molar-refractivity contribution in [2.24, 2.45) is 0 Å². The van der Waals surface area contributed by atoms with E-state index in [0.29, 0.717) is 10.6 Å². The number of rotatable bonds is 2. The van der Waals surface area contributed by atoms with E-state index < -0.39 is 0 Å². The topological polar surface area (TPSA) is 43.1 Å². The second-order valence-corrected chi connectivity index (χ2v) is 3.98. The van der Waals surface area contributed by atoms with E-state index in [2.05, 4.69) is 0 Å². The lowest BCUT2D eigenvalue weighted by molar-refractivity contribution is -0.385. The zero-order valence-corrected chi connectivity index (χ0v) is 9.13. The molecule has 4 heteroatoms. The van der Waals surface area contributed by atoms with E-state index in [-0.39, 0.29) is 16.5 Å². The Morgan fingerprint density at radius 2 is 2.00 bits per heavy atom. The Labute approximate surface area is 87.8 Å². The normalized spacial score (nSPS) is 10.6. The molecular weight excluding hydrogens is 202 g/mol. The summed E-state index contributed by atoms with van der Waals surface area (Å²) in [6.07, 6.45) is 0. The lowest BCUT2D eigenvalue weighted by Crippen LogP contribution is -1.96. The Balaban J connectivity index is 3.34. The van der Waals surface area contributed by atoms with Gasteiger partial charge in [0.05, 0.1) is 4.92 Å². The molecule has 0 unspecified atom stereocenters. The summed E-state index contributed by atoms with van der Waals surface area (Å²) in [5.41, 5.74) is 1.56. The van der Waals surface area contributed by atoms with Crippen LogP contribution in [0.15, 0.2) is 12.1 Å². The van der Waals surface area contributed by atoms with Gasteiger partial charge in [-0.3, -0.25) is 10.1 Å². The van der Waals surface area contributed by atoms with Crippen molar-refractivity contribution < 1.29 is 4.92 Å². The van der Waals surface area contributed by atoms with Gasteiger partial charge in [-0.15, -0.1) is 0 Å². The number of nitro benzene ring substituents is 1. The second-order valence-electron chi connectivity index (χ2n) is 3.57. The van der Waals surface area contributed by atoms with Crippen LogP contribution in [0.2, 0.25) is 5.02 Å². The van der Waals surface area contributed by atoms with Gasteiger partial charge in [-0.25, -0.2) is 0 Å². The first kappa shape index (κ1) is 11.0. The van der Waals surface area contributed by atoms with Crippen molar-refractivity contribution in [1.82, 2.24) is 0 Å². The Hall–Kier alpha value is -1.09. The summed E-state index contributed by atoms with van der Waals surface area (Å²) in [6.45, 7) is 5.61. The van der Waals surface area contributed by atoms with Crippen LogP contribution in [0.4, 0.5) is 5.69 Å². The summed E-state index contributed by atoms with van der Waals surface area (Å²) in [6, 6.07) is 3.21. The maximum Gasteiger partial charge on any atom is 0.272 e.